The normalized spacial score (nSPS) is 13.0. The zero-order chi connectivity index (χ0) is 19.8. The summed E-state index contributed by atoms with van der Waals surface area (Å²) >= 11 is 3.13. The van der Waals surface area contributed by atoms with Gasteiger partial charge in [0.15, 0.2) is 0 Å². The zero-order valence-corrected chi connectivity index (χ0v) is 19.1. The Kier molecular flexibility index (Phi) is 8.46. The van der Waals surface area contributed by atoms with Crippen molar-refractivity contribution in [1.29, 1.82) is 0 Å². The van der Waals surface area contributed by atoms with Gasteiger partial charge in [0, 0.05) is 6.61 Å². The lowest BCUT2D eigenvalue weighted by atomic mass is 10.2. The van der Waals surface area contributed by atoms with Crippen LogP contribution in [-0.2, 0) is 4.43 Å². The average molecular weight is 449 g/mol. The molecule has 0 radical (unpaired) electrons. The molecule has 1 nitrogen and oxygen atoms in total. The molecule has 0 N–H and O–H groups in total. The summed E-state index contributed by atoms with van der Waals surface area (Å²) in [5.74, 6) is -0.0945. The van der Waals surface area contributed by atoms with Crippen LogP contribution in [-0.4, -0.2) is 20.3 Å². The van der Waals surface area contributed by atoms with Gasteiger partial charge in [-0.1, -0.05) is 103 Å². The summed E-state index contributed by atoms with van der Waals surface area (Å²) in [5, 5.41) is 2.89. The summed E-state index contributed by atoms with van der Waals surface area (Å²) in [4.78, 5) is 0. The van der Waals surface area contributed by atoms with Crippen LogP contribution in [0, 0.1) is 0 Å². The second kappa shape index (κ2) is 10.3. The van der Waals surface area contributed by atoms with Gasteiger partial charge in [-0.15, -0.1) is 0 Å². The van der Waals surface area contributed by atoms with E-state index in [0.29, 0.717) is 11.9 Å². The Balaban J connectivity index is 2.25. The van der Waals surface area contributed by atoms with Gasteiger partial charge < -0.3 is 4.43 Å². The molecule has 0 aliphatic carbocycles. The van der Waals surface area contributed by atoms with Crippen LogP contribution in [0.15, 0.2) is 72.6 Å². The molecular weight excluding hydrogens is 419 g/mol. The summed E-state index contributed by atoms with van der Waals surface area (Å²) in [6.45, 7) is 7.55. The van der Waals surface area contributed by atoms with Crippen molar-refractivity contribution in [2.24, 2.45) is 0 Å². The van der Waals surface area contributed by atoms with Crippen LogP contribution in [0.3, 0.4) is 0 Å². The Morgan fingerprint density at radius 3 is 1.93 bits per heavy atom. The summed E-state index contributed by atoms with van der Waals surface area (Å²) in [6.07, 6.45) is 4.27. The molecule has 2 aromatic carbocycles. The molecule has 0 saturated heterocycles. The minimum Gasteiger partial charge on any atom is -0.407 e. The van der Waals surface area contributed by atoms with E-state index in [1.54, 1.807) is 6.08 Å². The Morgan fingerprint density at radius 2 is 1.48 bits per heavy atom. The first kappa shape index (κ1) is 22.1. The van der Waals surface area contributed by atoms with Crippen LogP contribution >= 0.6 is 15.9 Å². The fourth-order valence-electron chi connectivity index (χ4n) is 3.55. The summed E-state index contributed by atoms with van der Waals surface area (Å²) in [7, 11) is -2.44. The van der Waals surface area contributed by atoms with E-state index in [2.05, 4.69) is 97.4 Å². The van der Waals surface area contributed by atoms with Gasteiger partial charge in [0.05, 0.1) is 5.33 Å². The van der Waals surface area contributed by atoms with Crippen molar-refractivity contribution < 1.29 is 8.82 Å². The smallest absolute Gasteiger partial charge is 0.261 e. The quantitative estimate of drug-likeness (QED) is 0.260. The predicted octanol–water partition coefficient (Wildman–Crippen LogP) is 5.98. The van der Waals surface area contributed by atoms with Crippen molar-refractivity contribution in [1.82, 2.24) is 0 Å². The molecule has 0 spiro atoms. The molecule has 0 unspecified atom stereocenters. The maximum Gasteiger partial charge on any atom is 0.261 e. The fourth-order valence-corrected chi connectivity index (χ4v) is 8.38. The summed E-state index contributed by atoms with van der Waals surface area (Å²) in [5.41, 5.74) is 0. The number of alkyl halides is 1. The van der Waals surface area contributed by atoms with Crippen LogP contribution in [0.25, 0.3) is 0 Å². The standard InChI is InChI=1S/C23H30BrFOSi/c1-23(2,3)27(21-14-8-4-9-15-21,22-16-10-5-11-17-22)26-18-12-6-7-13-20(25)19-24/h4-5,8-11,13-17H,6-7,12,18-19H2,1-3H3/b20-13-. The van der Waals surface area contributed by atoms with Gasteiger partial charge >= 0.3 is 0 Å². The van der Waals surface area contributed by atoms with Crippen molar-refractivity contribution in [3.8, 4) is 0 Å². The Labute approximate surface area is 172 Å². The van der Waals surface area contributed by atoms with Crippen molar-refractivity contribution in [3.63, 3.8) is 0 Å². The largest absolute Gasteiger partial charge is 0.407 e. The highest BCUT2D eigenvalue weighted by atomic mass is 79.9. The number of unbranched alkanes of at least 4 members (excludes halogenated alkanes) is 2. The number of allylic oxidation sites excluding steroid dienone is 2. The second-order valence-electron chi connectivity index (χ2n) is 7.79. The van der Waals surface area contributed by atoms with Crippen LogP contribution in [0.5, 0.6) is 0 Å². The van der Waals surface area contributed by atoms with Crippen LogP contribution in [0.2, 0.25) is 5.04 Å². The highest BCUT2D eigenvalue weighted by Crippen LogP contribution is 2.36. The molecule has 27 heavy (non-hydrogen) atoms. The topological polar surface area (TPSA) is 9.23 Å². The van der Waals surface area contributed by atoms with Crippen LogP contribution in [0.1, 0.15) is 40.0 Å². The van der Waals surface area contributed by atoms with Gasteiger partial charge in [-0.05, 0) is 34.7 Å². The number of benzene rings is 2. The maximum atomic E-state index is 13.2. The monoisotopic (exact) mass is 448 g/mol. The van der Waals surface area contributed by atoms with E-state index in [1.807, 2.05) is 0 Å². The Morgan fingerprint density at radius 1 is 0.963 bits per heavy atom. The molecule has 0 heterocycles. The Bertz CT molecular complexity index is 671. The van der Waals surface area contributed by atoms with E-state index >= 15 is 0 Å². The molecule has 2 aromatic rings. The van der Waals surface area contributed by atoms with E-state index < -0.39 is 8.32 Å². The Hall–Kier alpha value is -1.23. The third-order valence-corrected chi connectivity index (χ3v) is 10.4. The number of hydrogen-bond acceptors (Lipinski definition) is 1. The van der Waals surface area contributed by atoms with E-state index in [4.69, 9.17) is 4.43 Å². The molecule has 4 heteroatoms. The summed E-state index contributed by atoms with van der Waals surface area (Å²) < 4.78 is 20.0. The van der Waals surface area contributed by atoms with Crippen molar-refractivity contribution >= 4 is 34.6 Å². The van der Waals surface area contributed by atoms with Crippen LogP contribution in [0.4, 0.5) is 4.39 Å². The highest BCUT2D eigenvalue weighted by molar-refractivity contribution is 9.09. The molecule has 0 atom stereocenters. The SMILES string of the molecule is CC(C)(C)[Si](OCCCC/C=C(\F)CBr)(c1ccccc1)c1ccccc1. The first-order chi connectivity index (χ1) is 12.9. The van der Waals surface area contributed by atoms with Crippen LogP contribution < -0.4 is 10.4 Å². The molecule has 146 valence electrons. The van der Waals surface area contributed by atoms with E-state index in [-0.39, 0.29) is 10.9 Å². The minimum absolute atomic E-state index is 0.00230. The second-order valence-corrected chi connectivity index (χ2v) is 12.7. The molecule has 0 amide bonds. The lowest BCUT2D eigenvalue weighted by Gasteiger charge is -2.43. The van der Waals surface area contributed by atoms with E-state index in [9.17, 15) is 4.39 Å². The third kappa shape index (κ3) is 5.63. The molecule has 0 aromatic heterocycles. The lowest BCUT2D eigenvalue weighted by molar-refractivity contribution is 0.288. The van der Waals surface area contributed by atoms with Gasteiger partial charge in [-0.2, -0.15) is 0 Å². The number of rotatable bonds is 9. The molecule has 0 aliphatic heterocycles. The molecular formula is C23H30BrFOSi. The van der Waals surface area contributed by atoms with E-state index in [0.717, 1.165) is 19.3 Å². The van der Waals surface area contributed by atoms with Crippen molar-refractivity contribution in [2.75, 3.05) is 11.9 Å². The average Bonchev–Trinajstić information content (AvgIpc) is 2.67. The molecule has 0 fully saturated rings. The van der Waals surface area contributed by atoms with Gasteiger partial charge in [0.1, 0.15) is 5.83 Å². The number of hydrogen-bond donors (Lipinski definition) is 0. The molecule has 0 saturated carbocycles. The predicted molar refractivity (Wildman–Crippen MR) is 120 cm³/mol. The first-order valence-corrected chi connectivity index (χ1v) is 12.6. The zero-order valence-electron chi connectivity index (χ0n) is 16.6. The fraction of sp³-hybridized carbons (Fsp3) is 0.391. The third-order valence-electron chi connectivity index (χ3n) is 4.83. The van der Waals surface area contributed by atoms with Gasteiger partial charge in [-0.25, -0.2) is 4.39 Å². The molecule has 2 rings (SSSR count). The maximum absolute atomic E-state index is 13.2. The molecule has 0 aliphatic rings. The number of halogens is 2. The van der Waals surface area contributed by atoms with Crippen molar-refractivity contribution in [2.45, 2.75) is 45.1 Å². The van der Waals surface area contributed by atoms with Gasteiger partial charge in [0.25, 0.3) is 8.32 Å². The summed E-state index contributed by atoms with van der Waals surface area (Å²) in [6, 6.07) is 21.3. The van der Waals surface area contributed by atoms with Crippen molar-refractivity contribution in [3.05, 3.63) is 72.6 Å². The van der Waals surface area contributed by atoms with Gasteiger partial charge in [0.2, 0.25) is 0 Å². The first-order valence-electron chi connectivity index (χ1n) is 9.57. The lowest BCUT2D eigenvalue weighted by Crippen LogP contribution is -2.66. The highest BCUT2D eigenvalue weighted by Gasteiger charge is 2.49. The molecule has 0 bridgehead atoms. The minimum atomic E-state index is -2.44. The van der Waals surface area contributed by atoms with Gasteiger partial charge in [-0.3, -0.25) is 0 Å². The van der Waals surface area contributed by atoms with E-state index in [1.165, 1.54) is 10.4 Å².